The third-order valence-corrected chi connectivity index (χ3v) is 7.45. The summed E-state index contributed by atoms with van der Waals surface area (Å²) in [6.45, 7) is 6.80. The number of benzene rings is 2. The molecule has 0 heterocycles. The number of carbonyl (C=O) groups is 2. The number of nitrogens with one attached hydrogen (secondary N) is 1. The number of rotatable bonds is 14. The van der Waals surface area contributed by atoms with Crippen LogP contribution in [0.4, 0.5) is 5.69 Å². The highest BCUT2D eigenvalue weighted by molar-refractivity contribution is 7.92. The second-order valence-electron chi connectivity index (χ2n) is 8.94. The molecule has 7 nitrogen and oxygen atoms in total. The summed E-state index contributed by atoms with van der Waals surface area (Å²) in [7, 11) is -3.53. The number of aryl methyl sites for hydroxylation is 1. The molecule has 0 unspecified atom stereocenters. The minimum Gasteiger partial charge on any atom is -0.354 e. The molecule has 0 saturated carbocycles. The number of sulfonamides is 1. The van der Waals surface area contributed by atoms with Gasteiger partial charge < -0.3 is 10.2 Å². The highest BCUT2D eigenvalue weighted by Crippen LogP contribution is 2.23. The van der Waals surface area contributed by atoms with Gasteiger partial charge in [-0.2, -0.15) is 0 Å². The molecule has 2 amide bonds. The van der Waals surface area contributed by atoms with Crippen LogP contribution in [-0.2, 0) is 26.2 Å². The molecular formula is C27H38ClN3O4S. The molecule has 198 valence electrons. The molecule has 1 N–H and O–H groups in total. The van der Waals surface area contributed by atoms with Crippen molar-refractivity contribution < 1.29 is 18.0 Å². The van der Waals surface area contributed by atoms with Gasteiger partial charge in [0.2, 0.25) is 21.8 Å². The first-order valence-electron chi connectivity index (χ1n) is 12.4. The summed E-state index contributed by atoms with van der Waals surface area (Å²) >= 11 is 6.02. The smallest absolute Gasteiger partial charge is 0.242 e. The van der Waals surface area contributed by atoms with Gasteiger partial charge in [0.1, 0.15) is 6.04 Å². The molecule has 0 radical (unpaired) electrons. The summed E-state index contributed by atoms with van der Waals surface area (Å²) in [5, 5.41) is 3.54. The topological polar surface area (TPSA) is 86.8 Å². The maximum absolute atomic E-state index is 13.4. The molecule has 0 bridgehead atoms. The van der Waals surface area contributed by atoms with E-state index in [-0.39, 0.29) is 31.3 Å². The standard InChI is InChI=1S/C27H38ClN3O4S/c1-5-7-18-29-27(33)24(6-2)30(20-22-14-16-23(28)17-15-22)26(32)13-10-19-31(36(4,34)35)25-12-9-8-11-21(25)3/h8-9,11-12,14-17,24H,5-7,10,13,18-20H2,1-4H3,(H,29,33)/t24-/m0/s1. The molecule has 9 heteroatoms. The molecule has 0 aliphatic rings. The van der Waals surface area contributed by atoms with Crippen molar-refractivity contribution in [2.75, 3.05) is 23.7 Å². The van der Waals surface area contributed by atoms with E-state index in [1.165, 1.54) is 10.6 Å². The number of halogens is 1. The Kier molecular flexibility index (Phi) is 11.7. The molecule has 2 rings (SSSR count). The molecular weight excluding hydrogens is 498 g/mol. The van der Waals surface area contributed by atoms with Crippen LogP contribution < -0.4 is 9.62 Å². The average molecular weight is 536 g/mol. The minimum absolute atomic E-state index is 0.115. The third kappa shape index (κ3) is 8.82. The summed E-state index contributed by atoms with van der Waals surface area (Å²) in [6, 6.07) is 13.8. The first kappa shape index (κ1) is 29.6. The fourth-order valence-corrected chi connectivity index (χ4v) is 5.19. The first-order chi connectivity index (χ1) is 17.1. The van der Waals surface area contributed by atoms with Crippen LogP contribution in [0.25, 0.3) is 0 Å². The van der Waals surface area contributed by atoms with Gasteiger partial charge in [0.05, 0.1) is 11.9 Å². The maximum atomic E-state index is 13.4. The van der Waals surface area contributed by atoms with Gasteiger partial charge in [-0.25, -0.2) is 8.42 Å². The van der Waals surface area contributed by atoms with Crippen LogP contribution in [0.5, 0.6) is 0 Å². The summed E-state index contributed by atoms with van der Waals surface area (Å²) in [5.74, 6) is -0.369. The molecule has 2 aromatic carbocycles. The van der Waals surface area contributed by atoms with Crippen molar-refractivity contribution in [3.63, 3.8) is 0 Å². The predicted molar refractivity (Wildman–Crippen MR) is 147 cm³/mol. The minimum atomic E-state index is -3.53. The monoisotopic (exact) mass is 535 g/mol. The van der Waals surface area contributed by atoms with Crippen LogP contribution >= 0.6 is 11.6 Å². The lowest BCUT2D eigenvalue weighted by molar-refractivity contribution is -0.141. The number of hydrogen-bond acceptors (Lipinski definition) is 4. The van der Waals surface area contributed by atoms with Crippen LogP contribution in [0.3, 0.4) is 0 Å². The molecule has 36 heavy (non-hydrogen) atoms. The number of nitrogens with zero attached hydrogens (tertiary/aromatic N) is 2. The van der Waals surface area contributed by atoms with Gasteiger partial charge in [0.25, 0.3) is 0 Å². The van der Waals surface area contributed by atoms with E-state index in [4.69, 9.17) is 11.6 Å². The van der Waals surface area contributed by atoms with E-state index in [1.807, 2.05) is 38.1 Å². The Labute approximate surface area is 220 Å². The zero-order valence-corrected chi connectivity index (χ0v) is 23.2. The third-order valence-electron chi connectivity index (χ3n) is 6.02. The van der Waals surface area contributed by atoms with Gasteiger partial charge in [0.15, 0.2) is 0 Å². The highest BCUT2D eigenvalue weighted by Gasteiger charge is 2.28. The van der Waals surface area contributed by atoms with Crippen molar-refractivity contribution in [2.45, 2.75) is 65.5 Å². The lowest BCUT2D eigenvalue weighted by Gasteiger charge is -2.31. The lowest BCUT2D eigenvalue weighted by Crippen LogP contribution is -2.49. The number of carbonyl (C=O) groups excluding carboxylic acids is 2. The number of amides is 2. The van der Waals surface area contributed by atoms with Crippen LogP contribution in [0.15, 0.2) is 48.5 Å². The maximum Gasteiger partial charge on any atom is 0.242 e. The fourth-order valence-electron chi connectivity index (χ4n) is 4.04. The van der Waals surface area contributed by atoms with Crippen molar-refractivity contribution in [1.29, 1.82) is 0 Å². The largest absolute Gasteiger partial charge is 0.354 e. The highest BCUT2D eigenvalue weighted by atomic mass is 35.5. The first-order valence-corrected chi connectivity index (χ1v) is 14.7. The SMILES string of the molecule is CCCCNC(=O)[C@H](CC)N(Cc1ccc(Cl)cc1)C(=O)CCCN(c1ccccc1C)S(C)(=O)=O. The van der Waals surface area contributed by atoms with Gasteiger partial charge in [0, 0.05) is 31.1 Å². The Morgan fingerprint density at radius 2 is 1.69 bits per heavy atom. The Balaban J connectivity index is 2.20. The summed E-state index contributed by atoms with van der Waals surface area (Å²) in [5.41, 5.74) is 2.31. The molecule has 0 aliphatic heterocycles. The molecule has 1 atom stereocenters. The van der Waals surface area contributed by atoms with Crippen molar-refractivity contribution in [3.05, 3.63) is 64.7 Å². The Bertz CT molecular complexity index is 1110. The Hall–Kier alpha value is -2.58. The van der Waals surface area contributed by atoms with Gasteiger partial charge in [-0.15, -0.1) is 0 Å². The van der Waals surface area contributed by atoms with E-state index in [9.17, 15) is 18.0 Å². The van der Waals surface area contributed by atoms with Gasteiger partial charge in [-0.3, -0.25) is 13.9 Å². The summed E-state index contributed by atoms with van der Waals surface area (Å²) in [6.07, 6.45) is 3.91. The Morgan fingerprint density at radius 3 is 2.28 bits per heavy atom. The molecule has 0 fully saturated rings. The molecule has 2 aromatic rings. The van der Waals surface area contributed by atoms with Crippen LogP contribution in [-0.4, -0.2) is 50.5 Å². The van der Waals surface area contributed by atoms with Gasteiger partial charge >= 0.3 is 0 Å². The van der Waals surface area contributed by atoms with Gasteiger partial charge in [-0.1, -0.05) is 62.2 Å². The molecule has 0 saturated heterocycles. The Morgan fingerprint density at radius 1 is 1.03 bits per heavy atom. The normalized spacial score (nSPS) is 12.1. The molecule has 0 spiro atoms. The number of anilines is 1. The second-order valence-corrected chi connectivity index (χ2v) is 11.3. The second kappa shape index (κ2) is 14.2. The number of hydrogen-bond donors (Lipinski definition) is 1. The zero-order valence-electron chi connectivity index (χ0n) is 21.7. The molecule has 0 aromatic heterocycles. The van der Waals surface area contributed by atoms with Crippen LogP contribution in [0.1, 0.15) is 57.1 Å². The summed E-state index contributed by atoms with van der Waals surface area (Å²) in [4.78, 5) is 28.0. The zero-order chi connectivity index (χ0) is 26.7. The van der Waals surface area contributed by atoms with Crippen molar-refractivity contribution in [3.8, 4) is 0 Å². The van der Waals surface area contributed by atoms with E-state index in [1.54, 1.807) is 29.2 Å². The average Bonchev–Trinajstić information content (AvgIpc) is 2.83. The van der Waals surface area contributed by atoms with Gasteiger partial charge in [-0.05, 0) is 55.5 Å². The van der Waals surface area contributed by atoms with E-state index in [0.29, 0.717) is 30.1 Å². The van der Waals surface area contributed by atoms with E-state index >= 15 is 0 Å². The lowest BCUT2D eigenvalue weighted by atomic mass is 10.1. The van der Waals surface area contributed by atoms with Crippen molar-refractivity contribution >= 4 is 39.1 Å². The fraction of sp³-hybridized carbons (Fsp3) is 0.481. The van der Waals surface area contributed by atoms with E-state index in [2.05, 4.69) is 12.2 Å². The van der Waals surface area contributed by atoms with Crippen LogP contribution in [0, 0.1) is 6.92 Å². The number of unbranched alkanes of at least 4 members (excludes halogenated alkanes) is 1. The van der Waals surface area contributed by atoms with E-state index < -0.39 is 16.1 Å². The van der Waals surface area contributed by atoms with E-state index in [0.717, 1.165) is 24.0 Å². The predicted octanol–water partition coefficient (Wildman–Crippen LogP) is 4.92. The van der Waals surface area contributed by atoms with Crippen molar-refractivity contribution in [1.82, 2.24) is 10.2 Å². The quantitative estimate of drug-likeness (QED) is 0.348. The molecule has 0 aliphatic carbocycles. The van der Waals surface area contributed by atoms with Crippen molar-refractivity contribution in [2.24, 2.45) is 0 Å². The summed E-state index contributed by atoms with van der Waals surface area (Å²) < 4.78 is 26.3. The van der Waals surface area contributed by atoms with Crippen LogP contribution in [0.2, 0.25) is 5.02 Å². The number of para-hydroxylation sites is 1.